The molecule has 2 aliphatic rings. The molecule has 1 aliphatic carbocycles. The number of benzene rings is 1. The van der Waals surface area contributed by atoms with Gasteiger partial charge in [-0.25, -0.2) is 8.42 Å². The van der Waals surface area contributed by atoms with Gasteiger partial charge >= 0.3 is 0 Å². The van der Waals surface area contributed by atoms with Gasteiger partial charge in [0.05, 0.1) is 4.90 Å². The summed E-state index contributed by atoms with van der Waals surface area (Å²) in [6, 6.07) is 4.88. The second-order valence-corrected chi connectivity index (χ2v) is 9.06. The smallest absolute Gasteiger partial charge is 0.244 e. The monoisotopic (exact) mass is 372 g/mol. The number of anilines is 1. The van der Waals surface area contributed by atoms with E-state index in [4.69, 9.17) is 5.73 Å². The molecule has 0 amide bonds. The van der Waals surface area contributed by atoms with Gasteiger partial charge in [0.1, 0.15) is 0 Å². The molecule has 0 bridgehead atoms. The first-order valence-corrected chi connectivity index (χ1v) is 9.72. The van der Waals surface area contributed by atoms with Gasteiger partial charge in [0, 0.05) is 23.2 Å². The van der Waals surface area contributed by atoms with Crippen LogP contribution in [0.15, 0.2) is 27.6 Å². The number of nitrogens with zero attached hydrogens (tertiary/aromatic N) is 1. The molecule has 1 saturated heterocycles. The third-order valence-corrected chi connectivity index (χ3v) is 7.90. The molecule has 2 fully saturated rings. The number of hydrogen-bond donors (Lipinski definition) is 1. The molecular weight excluding hydrogens is 352 g/mol. The third kappa shape index (κ3) is 2.85. The molecule has 0 radical (unpaired) electrons. The summed E-state index contributed by atoms with van der Waals surface area (Å²) in [6.45, 7) is 1.28. The molecule has 3 rings (SSSR count). The number of hydrogen-bond acceptors (Lipinski definition) is 3. The molecular formula is C15H21BrN2O2S. The zero-order chi connectivity index (χ0) is 15.1. The van der Waals surface area contributed by atoms with E-state index < -0.39 is 10.0 Å². The minimum Gasteiger partial charge on any atom is -0.399 e. The Balaban J connectivity index is 1.80. The van der Waals surface area contributed by atoms with Crippen LogP contribution >= 0.6 is 15.9 Å². The highest BCUT2D eigenvalue weighted by atomic mass is 79.9. The fraction of sp³-hybridized carbons (Fsp3) is 0.600. The molecule has 0 unspecified atom stereocenters. The Labute approximate surface area is 134 Å². The molecule has 4 nitrogen and oxygen atoms in total. The summed E-state index contributed by atoms with van der Waals surface area (Å²) in [5.74, 6) is 0. The Hall–Kier alpha value is -0.590. The van der Waals surface area contributed by atoms with Gasteiger partial charge in [-0.15, -0.1) is 0 Å². The van der Waals surface area contributed by atoms with Crippen molar-refractivity contribution < 1.29 is 8.42 Å². The summed E-state index contributed by atoms with van der Waals surface area (Å²) >= 11 is 3.32. The molecule has 1 spiro atoms. The lowest BCUT2D eigenvalue weighted by atomic mass is 9.78. The van der Waals surface area contributed by atoms with Gasteiger partial charge in [-0.05, 0) is 65.2 Å². The summed E-state index contributed by atoms with van der Waals surface area (Å²) in [7, 11) is -3.42. The van der Waals surface area contributed by atoms with Gasteiger partial charge in [-0.1, -0.05) is 12.8 Å². The van der Waals surface area contributed by atoms with E-state index in [9.17, 15) is 8.42 Å². The number of halogens is 1. The average Bonchev–Trinajstić information content (AvgIpc) is 2.87. The predicted octanol–water partition coefficient (Wildman–Crippen LogP) is 3.38. The lowest BCUT2D eigenvalue weighted by Crippen LogP contribution is -2.42. The summed E-state index contributed by atoms with van der Waals surface area (Å²) in [5.41, 5.74) is 6.67. The Morgan fingerprint density at radius 2 is 1.71 bits per heavy atom. The maximum Gasteiger partial charge on any atom is 0.244 e. The normalized spacial score (nSPS) is 22.7. The molecule has 1 aliphatic heterocycles. The Kier molecular flexibility index (Phi) is 4.05. The number of nitrogens with two attached hydrogens (primary N) is 1. The van der Waals surface area contributed by atoms with Crippen LogP contribution in [0.5, 0.6) is 0 Å². The SMILES string of the molecule is Nc1ccc(S(=O)(=O)N2CCC3(CCCC3)CC2)c(Br)c1. The Morgan fingerprint density at radius 1 is 1.10 bits per heavy atom. The molecule has 0 aromatic heterocycles. The zero-order valence-corrected chi connectivity index (χ0v) is 14.4. The summed E-state index contributed by atoms with van der Waals surface area (Å²) in [4.78, 5) is 0.319. The number of nitrogen functional groups attached to an aromatic ring is 1. The van der Waals surface area contributed by atoms with Crippen molar-refractivity contribution in [2.75, 3.05) is 18.8 Å². The highest BCUT2D eigenvalue weighted by Crippen LogP contribution is 2.46. The van der Waals surface area contributed by atoms with Crippen molar-refractivity contribution >= 4 is 31.6 Å². The predicted molar refractivity (Wildman–Crippen MR) is 87.4 cm³/mol. The Morgan fingerprint density at radius 3 is 2.29 bits per heavy atom. The third-order valence-electron chi connectivity index (χ3n) is 5.02. The van der Waals surface area contributed by atoms with E-state index in [-0.39, 0.29) is 0 Å². The maximum atomic E-state index is 12.8. The lowest BCUT2D eigenvalue weighted by molar-refractivity contribution is 0.160. The zero-order valence-electron chi connectivity index (χ0n) is 12.0. The second kappa shape index (κ2) is 5.56. The molecule has 1 aromatic carbocycles. The van der Waals surface area contributed by atoms with Crippen molar-refractivity contribution in [2.24, 2.45) is 5.41 Å². The molecule has 116 valence electrons. The molecule has 1 saturated carbocycles. The molecule has 6 heteroatoms. The van der Waals surface area contributed by atoms with Gasteiger partial charge in [0.2, 0.25) is 10.0 Å². The van der Waals surface area contributed by atoms with Crippen LogP contribution in [0.4, 0.5) is 5.69 Å². The quantitative estimate of drug-likeness (QED) is 0.809. The van der Waals surface area contributed by atoms with E-state index in [1.54, 1.807) is 22.5 Å². The van der Waals surface area contributed by atoms with Crippen molar-refractivity contribution in [2.45, 2.75) is 43.4 Å². The van der Waals surface area contributed by atoms with Gasteiger partial charge in [-0.2, -0.15) is 4.31 Å². The van der Waals surface area contributed by atoms with Crippen LogP contribution in [0, 0.1) is 5.41 Å². The van der Waals surface area contributed by atoms with E-state index in [2.05, 4.69) is 15.9 Å². The first-order chi connectivity index (χ1) is 9.93. The summed E-state index contributed by atoms with van der Waals surface area (Å²) < 4.78 is 27.7. The minimum absolute atomic E-state index is 0.319. The number of piperidine rings is 1. The van der Waals surface area contributed by atoms with E-state index in [1.807, 2.05) is 0 Å². The van der Waals surface area contributed by atoms with E-state index in [1.165, 1.54) is 25.7 Å². The first kappa shape index (κ1) is 15.3. The van der Waals surface area contributed by atoms with Crippen molar-refractivity contribution in [1.29, 1.82) is 0 Å². The number of rotatable bonds is 2. The number of sulfonamides is 1. The molecule has 1 heterocycles. The Bertz CT molecular complexity index is 629. The molecule has 2 N–H and O–H groups in total. The summed E-state index contributed by atoms with van der Waals surface area (Å²) in [6.07, 6.45) is 7.14. The van der Waals surface area contributed by atoms with Gasteiger partial charge in [0.25, 0.3) is 0 Å². The van der Waals surface area contributed by atoms with E-state index in [0.29, 0.717) is 33.6 Å². The fourth-order valence-corrected chi connectivity index (χ4v) is 6.19. The maximum absolute atomic E-state index is 12.8. The highest BCUT2D eigenvalue weighted by molar-refractivity contribution is 9.10. The van der Waals surface area contributed by atoms with Crippen LogP contribution in [-0.4, -0.2) is 25.8 Å². The lowest BCUT2D eigenvalue weighted by Gasteiger charge is -2.38. The van der Waals surface area contributed by atoms with Crippen LogP contribution in [0.1, 0.15) is 38.5 Å². The summed E-state index contributed by atoms with van der Waals surface area (Å²) in [5, 5.41) is 0. The topological polar surface area (TPSA) is 63.4 Å². The molecule has 1 aromatic rings. The van der Waals surface area contributed by atoms with Crippen LogP contribution in [0.2, 0.25) is 0 Å². The largest absolute Gasteiger partial charge is 0.399 e. The van der Waals surface area contributed by atoms with Crippen LogP contribution < -0.4 is 5.73 Å². The fourth-order valence-electron chi connectivity index (χ4n) is 3.69. The van der Waals surface area contributed by atoms with Crippen molar-refractivity contribution in [3.63, 3.8) is 0 Å². The molecule has 0 atom stereocenters. The van der Waals surface area contributed by atoms with Crippen LogP contribution in [0.3, 0.4) is 0 Å². The van der Waals surface area contributed by atoms with Crippen LogP contribution in [0.25, 0.3) is 0 Å². The van der Waals surface area contributed by atoms with Crippen LogP contribution in [-0.2, 0) is 10.0 Å². The second-order valence-electron chi connectivity index (χ2n) is 6.30. The van der Waals surface area contributed by atoms with Gasteiger partial charge in [0.15, 0.2) is 0 Å². The van der Waals surface area contributed by atoms with Crippen molar-refractivity contribution in [3.8, 4) is 0 Å². The minimum atomic E-state index is -3.42. The van der Waals surface area contributed by atoms with Gasteiger partial charge in [-0.3, -0.25) is 0 Å². The van der Waals surface area contributed by atoms with Gasteiger partial charge < -0.3 is 5.73 Å². The molecule has 21 heavy (non-hydrogen) atoms. The van der Waals surface area contributed by atoms with E-state index >= 15 is 0 Å². The average molecular weight is 373 g/mol. The standard InChI is InChI=1S/C15H21BrN2O2S/c16-13-11-12(17)3-4-14(13)21(19,20)18-9-7-15(8-10-18)5-1-2-6-15/h3-4,11H,1-2,5-10,17H2. The first-order valence-electron chi connectivity index (χ1n) is 7.48. The van der Waals surface area contributed by atoms with Crippen molar-refractivity contribution in [1.82, 2.24) is 4.31 Å². The van der Waals surface area contributed by atoms with E-state index in [0.717, 1.165) is 12.8 Å². The van der Waals surface area contributed by atoms with Crippen molar-refractivity contribution in [3.05, 3.63) is 22.7 Å². The highest BCUT2D eigenvalue weighted by Gasteiger charge is 2.40.